The lowest BCUT2D eigenvalue weighted by Crippen LogP contribution is -2.43. The Labute approximate surface area is 72.7 Å². The fourth-order valence-electron chi connectivity index (χ4n) is 1.28. The maximum atomic E-state index is 11.4. The number of carbonyl (C=O) groups excluding carboxylic acids is 1. The van der Waals surface area contributed by atoms with Gasteiger partial charge >= 0.3 is 0 Å². The van der Waals surface area contributed by atoms with Crippen LogP contribution in [0.5, 0.6) is 0 Å². The summed E-state index contributed by atoms with van der Waals surface area (Å²) < 4.78 is 0. The van der Waals surface area contributed by atoms with Gasteiger partial charge in [0.1, 0.15) is 5.60 Å². The van der Waals surface area contributed by atoms with Crippen molar-refractivity contribution >= 4 is 5.91 Å². The predicted molar refractivity (Wildman–Crippen MR) is 46.6 cm³/mol. The average molecular weight is 169 g/mol. The Bertz CT molecular complexity index is 215. The SMILES string of the molecule is C=C1CCN(C(=O)C(C)(C)O)C1. The van der Waals surface area contributed by atoms with Gasteiger partial charge in [-0.2, -0.15) is 0 Å². The van der Waals surface area contributed by atoms with Crippen molar-refractivity contribution < 1.29 is 9.90 Å². The highest BCUT2D eigenvalue weighted by atomic mass is 16.3. The van der Waals surface area contributed by atoms with Gasteiger partial charge in [-0.05, 0) is 20.3 Å². The van der Waals surface area contributed by atoms with Gasteiger partial charge in [0.2, 0.25) is 0 Å². The standard InChI is InChI=1S/C9H15NO2/c1-7-4-5-10(6-7)8(11)9(2,3)12/h12H,1,4-6H2,2-3H3. The molecule has 0 spiro atoms. The zero-order valence-electron chi connectivity index (χ0n) is 7.63. The number of carbonyl (C=O) groups is 1. The quantitative estimate of drug-likeness (QED) is 0.582. The summed E-state index contributed by atoms with van der Waals surface area (Å²) in [7, 11) is 0. The Morgan fingerprint density at radius 3 is 2.58 bits per heavy atom. The molecule has 12 heavy (non-hydrogen) atoms. The molecule has 0 aromatic heterocycles. The van der Waals surface area contributed by atoms with Gasteiger partial charge in [0.05, 0.1) is 0 Å². The van der Waals surface area contributed by atoms with Crippen LogP contribution in [-0.4, -0.2) is 34.6 Å². The number of amides is 1. The summed E-state index contributed by atoms with van der Waals surface area (Å²) in [4.78, 5) is 13.1. The van der Waals surface area contributed by atoms with Gasteiger partial charge < -0.3 is 10.0 Å². The molecule has 3 heteroatoms. The third-order valence-corrected chi connectivity index (χ3v) is 1.96. The highest BCUT2D eigenvalue weighted by Gasteiger charge is 2.31. The molecule has 1 rings (SSSR count). The van der Waals surface area contributed by atoms with Gasteiger partial charge in [0, 0.05) is 13.1 Å². The van der Waals surface area contributed by atoms with E-state index >= 15 is 0 Å². The maximum Gasteiger partial charge on any atom is 0.254 e. The Balaban J connectivity index is 2.61. The zero-order chi connectivity index (χ0) is 9.35. The summed E-state index contributed by atoms with van der Waals surface area (Å²) >= 11 is 0. The first-order valence-corrected chi connectivity index (χ1v) is 4.09. The lowest BCUT2D eigenvalue weighted by molar-refractivity contribution is -0.146. The van der Waals surface area contributed by atoms with E-state index in [1.54, 1.807) is 4.90 Å². The van der Waals surface area contributed by atoms with E-state index < -0.39 is 5.60 Å². The summed E-state index contributed by atoms with van der Waals surface area (Å²) in [5.41, 5.74) is -0.183. The molecule has 3 nitrogen and oxygen atoms in total. The van der Waals surface area contributed by atoms with E-state index in [9.17, 15) is 9.90 Å². The molecule has 0 radical (unpaired) electrons. The Kier molecular flexibility index (Phi) is 2.24. The number of nitrogens with zero attached hydrogens (tertiary/aromatic N) is 1. The van der Waals surface area contributed by atoms with E-state index in [0.29, 0.717) is 13.1 Å². The predicted octanol–water partition coefficient (Wildman–Crippen LogP) is 0.546. The molecule has 0 aromatic carbocycles. The second kappa shape index (κ2) is 2.90. The van der Waals surface area contributed by atoms with E-state index in [1.807, 2.05) is 0 Å². The largest absolute Gasteiger partial charge is 0.381 e. The minimum atomic E-state index is -1.25. The van der Waals surface area contributed by atoms with E-state index in [1.165, 1.54) is 13.8 Å². The molecule has 1 aliphatic rings. The number of aliphatic hydroxyl groups is 1. The van der Waals surface area contributed by atoms with Gasteiger partial charge in [0.25, 0.3) is 5.91 Å². The first kappa shape index (κ1) is 9.26. The van der Waals surface area contributed by atoms with Crippen LogP contribution in [0.25, 0.3) is 0 Å². The van der Waals surface area contributed by atoms with Crippen LogP contribution in [-0.2, 0) is 4.79 Å². The maximum absolute atomic E-state index is 11.4. The fraction of sp³-hybridized carbons (Fsp3) is 0.667. The molecular weight excluding hydrogens is 154 g/mol. The number of rotatable bonds is 1. The minimum Gasteiger partial charge on any atom is -0.381 e. The van der Waals surface area contributed by atoms with Crippen molar-refractivity contribution in [3.05, 3.63) is 12.2 Å². The zero-order valence-corrected chi connectivity index (χ0v) is 7.63. The molecule has 1 fully saturated rings. The van der Waals surface area contributed by atoms with Gasteiger partial charge in [-0.1, -0.05) is 12.2 Å². The van der Waals surface area contributed by atoms with Crippen molar-refractivity contribution in [2.45, 2.75) is 25.9 Å². The summed E-state index contributed by atoms with van der Waals surface area (Å²) in [5.74, 6) is -0.207. The summed E-state index contributed by atoms with van der Waals surface area (Å²) in [5, 5.41) is 9.41. The normalized spacial score (nSPS) is 18.6. The minimum absolute atomic E-state index is 0.207. The Hall–Kier alpha value is -0.830. The lowest BCUT2D eigenvalue weighted by Gasteiger charge is -2.23. The van der Waals surface area contributed by atoms with Crippen LogP contribution < -0.4 is 0 Å². The van der Waals surface area contributed by atoms with Crippen molar-refractivity contribution in [3.63, 3.8) is 0 Å². The van der Waals surface area contributed by atoms with Crippen molar-refractivity contribution in [2.75, 3.05) is 13.1 Å². The molecule has 0 aromatic rings. The van der Waals surface area contributed by atoms with E-state index in [2.05, 4.69) is 6.58 Å². The molecule has 1 aliphatic heterocycles. The van der Waals surface area contributed by atoms with Gasteiger partial charge in [-0.25, -0.2) is 0 Å². The summed E-state index contributed by atoms with van der Waals surface area (Å²) in [6, 6.07) is 0. The van der Waals surface area contributed by atoms with E-state index in [-0.39, 0.29) is 5.91 Å². The second-order valence-electron chi connectivity index (χ2n) is 3.79. The molecule has 1 heterocycles. The van der Waals surface area contributed by atoms with Crippen molar-refractivity contribution in [1.82, 2.24) is 4.90 Å². The topological polar surface area (TPSA) is 40.5 Å². The highest BCUT2D eigenvalue weighted by molar-refractivity contribution is 5.84. The van der Waals surface area contributed by atoms with Gasteiger partial charge in [-0.3, -0.25) is 4.79 Å². The molecule has 0 unspecified atom stereocenters. The molecule has 1 amide bonds. The van der Waals surface area contributed by atoms with Crippen molar-refractivity contribution in [2.24, 2.45) is 0 Å². The third kappa shape index (κ3) is 1.85. The highest BCUT2D eigenvalue weighted by Crippen LogP contribution is 2.17. The van der Waals surface area contributed by atoms with Crippen LogP contribution in [0.2, 0.25) is 0 Å². The average Bonchev–Trinajstić information content (AvgIpc) is 2.32. The molecular formula is C9H15NO2. The monoisotopic (exact) mass is 169 g/mol. The molecule has 1 saturated heterocycles. The lowest BCUT2D eigenvalue weighted by atomic mass is 10.1. The Morgan fingerprint density at radius 1 is 1.67 bits per heavy atom. The molecule has 68 valence electrons. The number of likely N-dealkylation sites (tertiary alicyclic amines) is 1. The summed E-state index contributed by atoms with van der Waals surface area (Å²) in [6.07, 6.45) is 0.863. The second-order valence-corrected chi connectivity index (χ2v) is 3.79. The van der Waals surface area contributed by atoms with Gasteiger partial charge in [0.15, 0.2) is 0 Å². The number of hydrogen-bond donors (Lipinski definition) is 1. The van der Waals surface area contributed by atoms with Crippen LogP contribution >= 0.6 is 0 Å². The smallest absolute Gasteiger partial charge is 0.254 e. The first-order valence-electron chi connectivity index (χ1n) is 4.09. The molecule has 0 bridgehead atoms. The first-order chi connectivity index (χ1) is 5.41. The van der Waals surface area contributed by atoms with Crippen molar-refractivity contribution in [1.29, 1.82) is 0 Å². The number of hydrogen-bond acceptors (Lipinski definition) is 2. The van der Waals surface area contributed by atoms with Crippen LogP contribution in [0.15, 0.2) is 12.2 Å². The van der Waals surface area contributed by atoms with Gasteiger partial charge in [-0.15, -0.1) is 0 Å². The molecule has 0 saturated carbocycles. The molecule has 1 N–H and O–H groups in total. The van der Waals surface area contributed by atoms with Crippen LogP contribution in [0.4, 0.5) is 0 Å². The van der Waals surface area contributed by atoms with Crippen LogP contribution in [0.1, 0.15) is 20.3 Å². The fourth-order valence-corrected chi connectivity index (χ4v) is 1.28. The van der Waals surface area contributed by atoms with Crippen molar-refractivity contribution in [3.8, 4) is 0 Å². The summed E-state index contributed by atoms with van der Waals surface area (Å²) in [6.45, 7) is 8.11. The molecule has 0 aliphatic carbocycles. The van der Waals surface area contributed by atoms with E-state index in [0.717, 1.165) is 12.0 Å². The molecule has 0 atom stereocenters. The van der Waals surface area contributed by atoms with Crippen LogP contribution in [0.3, 0.4) is 0 Å². The Morgan fingerprint density at radius 2 is 2.25 bits per heavy atom. The van der Waals surface area contributed by atoms with E-state index in [4.69, 9.17) is 0 Å². The third-order valence-electron chi connectivity index (χ3n) is 1.96. The van der Waals surface area contributed by atoms with Crippen LogP contribution in [0, 0.1) is 0 Å².